The van der Waals surface area contributed by atoms with Gasteiger partial charge in [0.2, 0.25) is 5.91 Å². The molecule has 138 valence electrons. The molecule has 8 nitrogen and oxygen atoms in total. The molecule has 2 fully saturated rings. The Balaban J connectivity index is 1.41. The lowest BCUT2D eigenvalue weighted by Crippen LogP contribution is -2.56. The minimum absolute atomic E-state index is 0.115. The quantitative estimate of drug-likeness (QED) is 0.712. The van der Waals surface area contributed by atoms with E-state index in [4.69, 9.17) is 5.73 Å². The van der Waals surface area contributed by atoms with Crippen LogP contribution in [-0.2, 0) is 4.79 Å². The highest BCUT2D eigenvalue weighted by molar-refractivity contribution is 5.93. The summed E-state index contributed by atoms with van der Waals surface area (Å²) in [5, 5.41) is 7.20. The molecule has 0 radical (unpaired) electrons. The molecule has 4 heterocycles. The Hall–Kier alpha value is -3.29. The molecule has 2 aromatic heterocycles. The molecule has 0 aliphatic carbocycles. The Bertz CT molecular complexity index is 992. The summed E-state index contributed by atoms with van der Waals surface area (Å²) in [6.07, 6.45) is 3.16. The minimum atomic E-state index is -0.496. The van der Waals surface area contributed by atoms with Gasteiger partial charge in [-0.3, -0.25) is 4.79 Å². The molecule has 5 rings (SSSR count). The highest BCUT2D eigenvalue weighted by Crippen LogP contribution is 2.37. The van der Waals surface area contributed by atoms with Gasteiger partial charge in [-0.15, -0.1) is 0 Å². The first-order chi connectivity index (χ1) is 13.2. The number of benzene rings is 1. The van der Waals surface area contributed by atoms with Crippen molar-refractivity contribution in [1.29, 1.82) is 0 Å². The van der Waals surface area contributed by atoms with Crippen molar-refractivity contribution in [2.24, 2.45) is 0 Å². The number of nitrogens with two attached hydrogens (primary N) is 1. The van der Waals surface area contributed by atoms with Crippen LogP contribution in [0.3, 0.4) is 0 Å². The first kappa shape index (κ1) is 15.9. The Morgan fingerprint density at radius 2 is 1.89 bits per heavy atom. The van der Waals surface area contributed by atoms with Crippen molar-refractivity contribution < 1.29 is 4.79 Å². The fourth-order valence-electron chi connectivity index (χ4n) is 4.22. The van der Waals surface area contributed by atoms with Crippen molar-refractivity contribution in [3.63, 3.8) is 0 Å². The van der Waals surface area contributed by atoms with Crippen molar-refractivity contribution in [3.05, 3.63) is 48.7 Å². The molecule has 2 saturated heterocycles. The molecule has 0 unspecified atom stereocenters. The lowest BCUT2D eigenvalue weighted by Gasteiger charge is -2.43. The van der Waals surface area contributed by atoms with Gasteiger partial charge in [-0.05, 0) is 25.0 Å². The number of carbonyl (C=O) groups is 1. The lowest BCUT2D eigenvalue weighted by molar-refractivity contribution is -0.124. The van der Waals surface area contributed by atoms with Crippen molar-refractivity contribution in [2.45, 2.75) is 18.4 Å². The molecule has 1 aromatic carbocycles. The zero-order valence-corrected chi connectivity index (χ0v) is 14.9. The summed E-state index contributed by atoms with van der Waals surface area (Å²) in [5.74, 6) is 1.51. The molecule has 1 spiro atoms. The van der Waals surface area contributed by atoms with E-state index in [2.05, 4.69) is 37.3 Å². The molecular weight excluding hydrogens is 342 g/mol. The van der Waals surface area contributed by atoms with E-state index in [1.54, 1.807) is 10.7 Å². The van der Waals surface area contributed by atoms with Gasteiger partial charge in [0.15, 0.2) is 5.65 Å². The highest BCUT2D eigenvalue weighted by Gasteiger charge is 2.50. The number of nitrogens with one attached hydrogen (secondary N) is 1. The maximum Gasteiger partial charge on any atom is 0.247 e. The van der Waals surface area contributed by atoms with E-state index in [0.717, 1.165) is 43.1 Å². The van der Waals surface area contributed by atoms with Crippen LogP contribution in [0.5, 0.6) is 0 Å². The average molecular weight is 363 g/mol. The minimum Gasteiger partial charge on any atom is -0.383 e. The van der Waals surface area contributed by atoms with E-state index in [-0.39, 0.29) is 5.91 Å². The predicted octanol–water partition coefficient (Wildman–Crippen LogP) is 1.24. The summed E-state index contributed by atoms with van der Waals surface area (Å²) in [7, 11) is 0. The average Bonchev–Trinajstić information content (AvgIpc) is 3.29. The van der Waals surface area contributed by atoms with Crippen LogP contribution in [0.4, 0.5) is 17.3 Å². The number of hydrogen-bond acceptors (Lipinski definition) is 6. The van der Waals surface area contributed by atoms with E-state index in [0.29, 0.717) is 12.5 Å². The third-order valence-electron chi connectivity index (χ3n) is 5.69. The van der Waals surface area contributed by atoms with Crippen LogP contribution in [0, 0.1) is 0 Å². The summed E-state index contributed by atoms with van der Waals surface area (Å²) in [6.45, 7) is 2.04. The molecule has 0 saturated carbocycles. The van der Waals surface area contributed by atoms with Crippen LogP contribution in [0.15, 0.2) is 48.7 Å². The van der Waals surface area contributed by atoms with Gasteiger partial charge in [0.05, 0.1) is 12.9 Å². The van der Waals surface area contributed by atoms with Crippen molar-refractivity contribution in [1.82, 2.24) is 19.9 Å². The van der Waals surface area contributed by atoms with Crippen molar-refractivity contribution in [2.75, 3.05) is 35.3 Å². The Morgan fingerprint density at radius 3 is 2.67 bits per heavy atom. The summed E-state index contributed by atoms with van der Waals surface area (Å²) >= 11 is 0. The van der Waals surface area contributed by atoms with E-state index < -0.39 is 5.54 Å². The monoisotopic (exact) mass is 363 g/mol. The topological polar surface area (TPSA) is 91.8 Å². The summed E-state index contributed by atoms with van der Waals surface area (Å²) < 4.78 is 1.62. The maximum absolute atomic E-state index is 12.8. The van der Waals surface area contributed by atoms with Gasteiger partial charge in [-0.2, -0.15) is 9.61 Å². The van der Waals surface area contributed by atoms with Gasteiger partial charge >= 0.3 is 0 Å². The molecule has 3 N–H and O–H groups in total. The normalized spacial score (nSPS) is 19.0. The molecule has 0 atom stereocenters. The first-order valence-electron chi connectivity index (χ1n) is 9.14. The lowest BCUT2D eigenvalue weighted by atomic mass is 9.85. The molecule has 8 heteroatoms. The van der Waals surface area contributed by atoms with E-state index in [1.165, 1.54) is 0 Å². The first-order valence-corrected chi connectivity index (χ1v) is 9.14. The van der Waals surface area contributed by atoms with Gasteiger partial charge in [0.1, 0.15) is 17.2 Å². The van der Waals surface area contributed by atoms with Gasteiger partial charge in [-0.25, -0.2) is 4.98 Å². The second-order valence-electron chi connectivity index (χ2n) is 7.09. The van der Waals surface area contributed by atoms with Gasteiger partial charge in [0.25, 0.3) is 0 Å². The van der Waals surface area contributed by atoms with Crippen LogP contribution >= 0.6 is 0 Å². The smallest absolute Gasteiger partial charge is 0.247 e. The summed E-state index contributed by atoms with van der Waals surface area (Å²) in [5.41, 5.74) is 7.42. The molecule has 2 aliphatic heterocycles. The number of rotatable bonds is 2. The van der Waals surface area contributed by atoms with E-state index in [1.807, 2.05) is 30.3 Å². The number of nitrogens with zero attached hydrogens (tertiary/aromatic N) is 5. The predicted molar refractivity (Wildman–Crippen MR) is 104 cm³/mol. The van der Waals surface area contributed by atoms with Crippen molar-refractivity contribution >= 4 is 28.9 Å². The number of fused-ring (bicyclic) bond motifs is 1. The van der Waals surface area contributed by atoms with Crippen LogP contribution < -0.4 is 20.9 Å². The number of carbonyl (C=O) groups excluding carboxylic acids is 1. The van der Waals surface area contributed by atoms with Crippen LogP contribution in [0.25, 0.3) is 5.65 Å². The van der Waals surface area contributed by atoms with Gasteiger partial charge < -0.3 is 20.9 Å². The van der Waals surface area contributed by atoms with Gasteiger partial charge in [0, 0.05) is 30.9 Å². The fourth-order valence-corrected chi connectivity index (χ4v) is 4.22. The van der Waals surface area contributed by atoms with Crippen LogP contribution in [0.1, 0.15) is 12.8 Å². The molecule has 3 aromatic rings. The Labute approximate surface area is 156 Å². The summed E-state index contributed by atoms with van der Waals surface area (Å²) in [4.78, 5) is 21.8. The molecule has 0 bridgehead atoms. The highest BCUT2D eigenvalue weighted by atomic mass is 16.2. The van der Waals surface area contributed by atoms with E-state index in [9.17, 15) is 4.79 Å². The largest absolute Gasteiger partial charge is 0.383 e. The number of nitrogen functional groups attached to an aromatic ring is 1. The number of para-hydroxylation sites is 1. The molecule has 1 amide bonds. The molecule has 27 heavy (non-hydrogen) atoms. The number of hydrogen-bond donors (Lipinski definition) is 2. The second kappa shape index (κ2) is 5.87. The zero-order chi connectivity index (χ0) is 18.4. The molecule has 2 aliphatic rings. The third kappa shape index (κ3) is 2.40. The zero-order valence-electron chi connectivity index (χ0n) is 14.9. The number of anilines is 3. The fraction of sp³-hybridized carbons (Fsp3) is 0.316. The standard InChI is InChI=1S/C19H21N7O/c20-15-12-17(23-16-6-9-22-26(15)16)24-10-7-19(8-11-24)18(27)21-13-25(19)14-4-2-1-3-5-14/h1-6,9,12H,7-8,10-11,13,20H2,(H,21,27). The Kier molecular flexibility index (Phi) is 3.46. The van der Waals surface area contributed by atoms with E-state index >= 15 is 0 Å². The SMILES string of the molecule is Nc1cc(N2CCC3(CC2)C(=O)NCN3c2ccccc2)nc2ccnn12. The van der Waals surface area contributed by atoms with Gasteiger partial charge in [-0.1, -0.05) is 18.2 Å². The maximum atomic E-state index is 12.8. The van der Waals surface area contributed by atoms with Crippen molar-refractivity contribution in [3.8, 4) is 0 Å². The summed E-state index contributed by atoms with van der Waals surface area (Å²) in [6, 6.07) is 13.8. The van der Waals surface area contributed by atoms with Crippen LogP contribution in [-0.4, -0.2) is 45.8 Å². The molecular formula is C19H21N7O. The van der Waals surface area contributed by atoms with Crippen LogP contribution in [0.2, 0.25) is 0 Å². The number of aromatic nitrogens is 3. The second-order valence-corrected chi connectivity index (χ2v) is 7.09. The Morgan fingerprint density at radius 1 is 1.11 bits per heavy atom. The third-order valence-corrected chi connectivity index (χ3v) is 5.69. The number of piperidine rings is 1. The number of amides is 1.